The topological polar surface area (TPSA) is 52.0 Å². The van der Waals surface area contributed by atoms with Crippen LogP contribution in [0.2, 0.25) is 0 Å². The van der Waals surface area contributed by atoms with E-state index in [0.717, 1.165) is 24.6 Å². The van der Waals surface area contributed by atoms with Crippen LogP contribution in [0.3, 0.4) is 0 Å². The summed E-state index contributed by atoms with van der Waals surface area (Å²) < 4.78 is 25.0. The Morgan fingerprint density at radius 3 is 2.74 bits per heavy atom. The van der Waals surface area contributed by atoms with Crippen LogP contribution in [0.4, 0.5) is 0 Å². The van der Waals surface area contributed by atoms with Crippen LogP contribution in [0.5, 0.6) is 0 Å². The number of fused-ring (bicyclic) bond motifs is 2. The first kappa shape index (κ1) is 13.4. The van der Waals surface area contributed by atoms with Crippen LogP contribution in [0.25, 0.3) is 0 Å². The van der Waals surface area contributed by atoms with E-state index in [0.29, 0.717) is 12.0 Å². The lowest BCUT2D eigenvalue weighted by Gasteiger charge is -2.24. The normalized spacial score (nSPS) is 30.1. The molecule has 4 nitrogen and oxygen atoms in total. The van der Waals surface area contributed by atoms with E-state index in [1.807, 2.05) is 0 Å². The molecule has 6 heteroatoms. The van der Waals surface area contributed by atoms with Gasteiger partial charge in [0.1, 0.15) is 5.82 Å². The Hall–Kier alpha value is -0.550. The second-order valence-electron chi connectivity index (χ2n) is 5.83. The standard InChI is InChI=1S/C13H19ClN2O2S/c1-2-3-12-15-13(19(14,17)18)8-16(12)11-7-9-4-5-10(11)6-9/h8-11H,2-7H2,1H3. The molecule has 0 aromatic carbocycles. The van der Waals surface area contributed by atoms with Crippen molar-refractivity contribution in [3.05, 3.63) is 12.0 Å². The average Bonchev–Trinajstić information content (AvgIpc) is 3.01. The summed E-state index contributed by atoms with van der Waals surface area (Å²) in [6, 6.07) is 0.431. The zero-order valence-corrected chi connectivity index (χ0v) is 12.6. The van der Waals surface area contributed by atoms with Gasteiger partial charge in [0.15, 0.2) is 5.03 Å². The number of nitrogens with zero attached hydrogens (tertiary/aromatic N) is 2. The molecule has 0 N–H and O–H groups in total. The third kappa shape index (κ3) is 2.42. The maximum Gasteiger partial charge on any atom is 0.280 e. The van der Waals surface area contributed by atoms with Crippen molar-refractivity contribution in [3.63, 3.8) is 0 Å². The number of imidazole rings is 1. The monoisotopic (exact) mass is 302 g/mol. The van der Waals surface area contributed by atoms with Gasteiger partial charge in [0.25, 0.3) is 9.05 Å². The molecule has 2 saturated carbocycles. The Kier molecular flexibility index (Phi) is 3.38. The van der Waals surface area contributed by atoms with E-state index in [9.17, 15) is 8.42 Å². The third-order valence-corrected chi connectivity index (χ3v) is 5.74. The lowest BCUT2D eigenvalue weighted by Crippen LogP contribution is -2.17. The fourth-order valence-electron chi connectivity index (χ4n) is 3.77. The summed E-state index contributed by atoms with van der Waals surface area (Å²) in [5.41, 5.74) is 0. The molecule has 2 bridgehead atoms. The molecule has 2 fully saturated rings. The maximum absolute atomic E-state index is 11.5. The van der Waals surface area contributed by atoms with Gasteiger partial charge in [-0.05, 0) is 37.5 Å². The zero-order valence-electron chi connectivity index (χ0n) is 11.0. The number of aromatic nitrogens is 2. The minimum absolute atomic E-state index is 0.0143. The van der Waals surface area contributed by atoms with E-state index in [1.165, 1.54) is 25.7 Å². The van der Waals surface area contributed by atoms with Gasteiger partial charge in [0.2, 0.25) is 0 Å². The van der Waals surface area contributed by atoms with Crippen LogP contribution in [-0.4, -0.2) is 18.0 Å². The summed E-state index contributed by atoms with van der Waals surface area (Å²) in [7, 11) is 1.70. The second kappa shape index (κ2) is 4.77. The first-order valence-electron chi connectivity index (χ1n) is 7.01. The molecule has 0 aliphatic heterocycles. The van der Waals surface area contributed by atoms with Crippen LogP contribution in [0.1, 0.15) is 50.9 Å². The van der Waals surface area contributed by atoms with E-state index in [4.69, 9.17) is 10.7 Å². The number of aryl methyl sites for hydroxylation is 1. The Labute approximate surface area is 118 Å². The third-order valence-electron chi connectivity index (χ3n) is 4.57. The molecule has 2 aliphatic rings. The molecule has 19 heavy (non-hydrogen) atoms. The van der Waals surface area contributed by atoms with Gasteiger partial charge in [-0.1, -0.05) is 13.3 Å². The van der Waals surface area contributed by atoms with Crippen LogP contribution < -0.4 is 0 Å². The highest BCUT2D eigenvalue weighted by molar-refractivity contribution is 8.13. The van der Waals surface area contributed by atoms with Crippen LogP contribution in [0.15, 0.2) is 11.2 Å². The Morgan fingerprint density at radius 2 is 2.21 bits per heavy atom. The van der Waals surface area contributed by atoms with Gasteiger partial charge < -0.3 is 4.57 Å². The molecule has 1 heterocycles. The molecule has 0 spiro atoms. The Morgan fingerprint density at radius 1 is 1.42 bits per heavy atom. The predicted octanol–water partition coefficient (Wildman–Crippen LogP) is 3.12. The van der Waals surface area contributed by atoms with Crippen molar-refractivity contribution in [1.29, 1.82) is 0 Å². The van der Waals surface area contributed by atoms with Crippen LogP contribution >= 0.6 is 10.7 Å². The summed E-state index contributed by atoms with van der Waals surface area (Å²) in [5, 5.41) is 0.0143. The minimum Gasteiger partial charge on any atom is -0.330 e. The zero-order chi connectivity index (χ0) is 13.6. The van der Waals surface area contributed by atoms with Crippen LogP contribution in [-0.2, 0) is 15.5 Å². The molecule has 106 valence electrons. The van der Waals surface area contributed by atoms with Gasteiger partial charge in [-0.3, -0.25) is 0 Å². The summed E-state index contributed by atoms with van der Waals surface area (Å²) in [4.78, 5) is 4.24. The first-order chi connectivity index (χ1) is 8.99. The largest absolute Gasteiger partial charge is 0.330 e. The van der Waals surface area contributed by atoms with Crippen molar-refractivity contribution in [1.82, 2.24) is 9.55 Å². The molecule has 0 radical (unpaired) electrons. The summed E-state index contributed by atoms with van der Waals surface area (Å²) in [5.74, 6) is 2.39. The summed E-state index contributed by atoms with van der Waals surface area (Å²) in [6.07, 6.45) is 8.47. The lowest BCUT2D eigenvalue weighted by molar-refractivity contribution is 0.322. The number of hydrogen-bond donors (Lipinski definition) is 0. The van der Waals surface area contributed by atoms with Gasteiger partial charge in [0, 0.05) is 29.3 Å². The smallest absolute Gasteiger partial charge is 0.280 e. The highest BCUT2D eigenvalue weighted by atomic mass is 35.7. The number of rotatable bonds is 4. The molecular weight excluding hydrogens is 284 g/mol. The van der Waals surface area contributed by atoms with Crippen LogP contribution in [0, 0.1) is 11.8 Å². The SMILES string of the molecule is CCCc1nc(S(=O)(=O)Cl)cn1C1CC2CCC1C2. The second-order valence-corrected chi connectivity index (χ2v) is 8.35. The van der Waals surface area contributed by atoms with Crippen molar-refractivity contribution < 1.29 is 8.42 Å². The van der Waals surface area contributed by atoms with E-state index in [2.05, 4.69) is 16.5 Å². The molecule has 1 aromatic rings. The number of halogens is 1. The van der Waals surface area contributed by atoms with E-state index in [-0.39, 0.29) is 5.03 Å². The van der Waals surface area contributed by atoms with E-state index in [1.54, 1.807) is 6.20 Å². The van der Waals surface area contributed by atoms with Gasteiger partial charge in [-0.15, -0.1) is 0 Å². The van der Waals surface area contributed by atoms with Crippen molar-refractivity contribution >= 4 is 19.7 Å². The number of hydrogen-bond acceptors (Lipinski definition) is 3. The maximum atomic E-state index is 11.5. The molecule has 3 rings (SSSR count). The Balaban J connectivity index is 1.97. The first-order valence-corrected chi connectivity index (χ1v) is 9.32. The van der Waals surface area contributed by atoms with E-state index < -0.39 is 9.05 Å². The minimum atomic E-state index is -3.73. The fraction of sp³-hybridized carbons (Fsp3) is 0.769. The fourth-order valence-corrected chi connectivity index (χ4v) is 4.45. The molecular formula is C13H19ClN2O2S. The quantitative estimate of drug-likeness (QED) is 0.803. The van der Waals surface area contributed by atoms with Crippen molar-refractivity contribution in [2.75, 3.05) is 0 Å². The molecule has 2 aliphatic carbocycles. The highest BCUT2D eigenvalue weighted by Gasteiger charge is 2.41. The Bertz CT molecular complexity index is 581. The average molecular weight is 303 g/mol. The van der Waals surface area contributed by atoms with Gasteiger partial charge in [-0.2, -0.15) is 0 Å². The molecule has 0 amide bonds. The summed E-state index contributed by atoms with van der Waals surface area (Å²) >= 11 is 0. The van der Waals surface area contributed by atoms with Crippen molar-refractivity contribution in [2.45, 2.75) is 56.5 Å². The lowest BCUT2D eigenvalue weighted by atomic mass is 9.95. The molecule has 1 aromatic heterocycles. The van der Waals surface area contributed by atoms with Crippen molar-refractivity contribution in [3.8, 4) is 0 Å². The molecule has 0 saturated heterocycles. The molecule has 3 atom stereocenters. The highest BCUT2D eigenvalue weighted by Crippen LogP contribution is 2.51. The van der Waals surface area contributed by atoms with Gasteiger partial charge >= 0.3 is 0 Å². The van der Waals surface area contributed by atoms with E-state index >= 15 is 0 Å². The summed E-state index contributed by atoms with van der Waals surface area (Å²) in [6.45, 7) is 2.08. The van der Waals surface area contributed by atoms with Gasteiger partial charge in [-0.25, -0.2) is 13.4 Å². The van der Waals surface area contributed by atoms with Gasteiger partial charge in [0.05, 0.1) is 0 Å². The predicted molar refractivity (Wildman–Crippen MR) is 73.7 cm³/mol. The van der Waals surface area contributed by atoms with Crippen molar-refractivity contribution in [2.24, 2.45) is 11.8 Å². The molecule has 3 unspecified atom stereocenters.